The van der Waals surface area contributed by atoms with Crippen molar-refractivity contribution < 1.29 is 29.4 Å². The molecule has 6 atom stereocenters. The molecular formula is C19H32N6O6S. The number of nitrogens with one attached hydrogen (secondary N) is 4. The highest BCUT2D eigenvalue weighted by Gasteiger charge is 2.32. The molecule has 1 heterocycles. The number of H-pyrrole nitrogens is 1. The van der Waals surface area contributed by atoms with E-state index >= 15 is 0 Å². The van der Waals surface area contributed by atoms with Crippen LogP contribution in [0.1, 0.15) is 32.9 Å². The maximum Gasteiger partial charge on any atom is 0.328 e. The van der Waals surface area contributed by atoms with Crippen LogP contribution in [0.2, 0.25) is 0 Å². The molecule has 0 aliphatic heterocycles. The van der Waals surface area contributed by atoms with Crippen molar-refractivity contribution in [2.45, 2.75) is 63.9 Å². The van der Waals surface area contributed by atoms with Crippen LogP contribution in [0.3, 0.4) is 0 Å². The van der Waals surface area contributed by atoms with Crippen molar-refractivity contribution in [2.75, 3.05) is 5.75 Å². The normalized spacial score (nSPS) is 16.7. The van der Waals surface area contributed by atoms with E-state index in [-0.39, 0.29) is 18.1 Å². The van der Waals surface area contributed by atoms with Gasteiger partial charge in [0.05, 0.1) is 18.5 Å². The predicted octanol–water partition coefficient (Wildman–Crippen LogP) is -1.82. The number of rotatable bonds is 13. The van der Waals surface area contributed by atoms with Gasteiger partial charge in [-0.3, -0.25) is 14.4 Å². The number of nitrogens with zero attached hydrogens (tertiary/aromatic N) is 1. The minimum Gasteiger partial charge on any atom is -0.480 e. The van der Waals surface area contributed by atoms with E-state index in [0.29, 0.717) is 12.1 Å². The zero-order valence-corrected chi connectivity index (χ0v) is 19.1. The van der Waals surface area contributed by atoms with Gasteiger partial charge in [-0.2, -0.15) is 12.6 Å². The highest BCUT2D eigenvalue weighted by molar-refractivity contribution is 7.80. The molecule has 0 fully saturated rings. The van der Waals surface area contributed by atoms with Crippen LogP contribution in [-0.4, -0.2) is 79.9 Å². The van der Waals surface area contributed by atoms with E-state index in [4.69, 9.17) is 10.8 Å². The minimum atomic E-state index is -1.56. The molecule has 13 heteroatoms. The lowest BCUT2D eigenvalue weighted by atomic mass is 9.98. The van der Waals surface area contributed by atoms with Gasteiger partial charge in [0.15, 0.2) is 6.04 Å². The monoisotopic (exact) mass is 472 g/mol. The van der Waals surface area contributed by atoms with Crippen LogP contribution in [0, 0.1) is 5.92 Å². The van der Waals surface area contributed by atoms with Gasteiger partial charge in [0.2, 0.25) is 17.7 Å². The average molecular weight is 473 g/mol. The molecule has 1 aromatic rings. The van der Waals surface area contributed by atoms with Gasteiger partial charge in [0, 0.05) is 24.1 Å². The van der Waals surface area contributed by atoms with Gasteiger partial charge >= 0.3 is 5.97 Å². The molecule has 0 aliphatic carbocycles. The fourth-order valence-electron chi connectivity index (χ4n) is 2.71. The highest BCUT2D eigenvalue weighted by Crippen LogP contribution is 2.07. The fourth-order valence-corrected chi connectivity index (χ4v) is 2.97. The molecule has 180 valence electrons. The number of carboxylic acid groups (broad SMARTS) is 1. The van der Waals surface area contributed by atoms with Gasteiger partial charge in [-0.1, -0.05) is 20.3 Å². The average Bonchev–Trinajstić information content (AvgIpc) is 3.26. The molecule has 6 unspecified atom stereocenters. The molecule has 1 rings (SSSR count). The lowest BCUT2D eigenvalue weighted by molar-refractivity contribution is -0.145. The maximum absolute atomic E-state index is 12.9. The predicted molar refractivity (Wildman–Crippen MR) is 119 cm³/mol. The van der Waals surface area contributed by atoms with Crippen molar-refractivity contribution in [1.29, 1.82) is 0 Å². The summed E-state index contributed by atoms with van der Waals surface area (Å²) in [6.45, 7) is 4.92. The first-order valence-electron chi connectivity index (χ1n) is 10.2. The van der Waals surface area contributed by atoms with Gasteiger partial charge in [-0.05, 0) is 12.8 Å². The summed E-state index contributed by atoms with van der Waals surface area (Å²) in [6.07, 6.45) is 2.27. The molecule has 0 saturated carbocycles. The van der Waals surface area contributed by atoms with Crippen molar-refractivity contribution in [1.82, 2.24) is 25.9 Å². The molecule has 0 aromatic carbocycles. The van der Waals surface area contributed by atoms with Gasteiger partial charge in [0.1, 0.15) is 12.1 Å². The first kappa shape index (κ1) is 27.4. The number of aliphatic hydroxyl groups excluding tert-OH is 1. The molecule has 12 nitrogen and oxygen atoms in total. The summed E-state index contributed by atoms with van der Waals surface area (Å²) in [5, 5.41) is 25.9. The third-order valence-electron chi connectivity index (χ3n) is 5.03. The Balaban J connectivity index is 2.95. The smallest absolute Gasteiger partial charge is 0.328 e. The molecule has 3 amide bonds. The number of thiol groups is 1. The second-order valence-corrected chi connectivity index (χ2v) is 7.93. The van der Waals surface area contributed by atoms with Gasteiger partial charge in [-0.15, -0.1) is 0 Å². The summed E-state index contributed by atoms with van der Waals surface area (Å²) in [7, 11) is 0. The van der Waals surface area contributed by atoms with Crippen LogP contribution < -0.4 is 21.7 Å². The van der Waals surface area contributed by atoms with Crippen molar-refractivity contribution in [3.8, 4) is 0 Å². The minimum absolute atomic E-state index is 0.0527. The summed E-state index contributed by atoms with van der Waals surface area (Å²) in [6, 6.07) is -4.68. The molecule has 0 spiro atoms. The number of carboxylic acids is 1. The zero-order chi connectivity index (χ0) is 24.4. The van der Waals surface area contributed by atoms with Crippen molar-refractivity contribution in [3.05, 3.63) is 18.2 Å². The van der Waals surface area contributed by atoms with E-state index in [1.807, 2.05) is 13.8 Å². The Kier molecular flexibility index (Phi) is 11.2. The number of aliphatic carboxylic acids is 1. The SMILES string of the molecule is CCC(C)C(N)C(=O)NC(Cc1cnc[nH]1)C(=O)NC(CS)C(=O)NC(C(=O)O)C(C)O. The quantitative estimate of drug-likeness (QED) is 0.153. The van der Waals surface area contributed by atoms with Crippen LogP contribution in [-0.2, 0) is 25.6 Å². The van der Waals surface area contributed by atoms with E-state index in [1.54, 1.807) is 0 Å². The molecule has 0 bridgehead atoms. The van der Waals surface area contributed by atoms with E-state index in [9.17, 15) is 24.3 Å². The Morgan fingerprint density at radius 2 is 1.72 bits per heavy atom. The van der Waals surface area contributed by atoms with Gasteiger partial charge in [-0.25, -0.2) is 9.78 Å². The standard InChI is InChI=1S/C19H32N6O6S/c1-4-9(2)14(20)18(29)23-12(5-11-6-21-8-22-11)16(27)24-13(7-32)17(28)25-15(10(3)26)19(30)31/h6,8-10,12-15,26,32H,4-5,7,20H2,1-3H3,(H,21,22)(H,23,29)(H,24,27)(H,25,28)(H,30,31). The molecular weight excluding hydrogens is 440 g/mol. The Hall–Kier alpha value is -2.64. The second kappa shape index (κ2) is 13.0. The summed E-state index contributed by atoms with van der Waals surface area (Å²) >= 11 is 4.05. The number of carbonyl (C=O) groups is 4. The first-order chi connectivity index (χ1) is 15.0. The summed E-state index contributed by atoms with van der Waals surface area (Å²) < 4.78 is 0. The summed E-state index contributed by atoms with van der Waals surface area (Å²) in [5.74, 6) is -3.75. The second-order valence-electron chi connectivity index (χ2n) is 7.56. The highest BCUT2D eigenvalue weighted by atomic mass is 32.1. The Bertz CT molecular complexity index is 774. The molecule has 8 N–H and O–H groups in total. The van der Waals surface area contributed by atoms with Crippen molar-refractivity contribution >= 4 is 36.3 Å². The summed E-state index contributed by atoms with van der Waals surface area (Å²) in [5.41, 5.74) is 6.53. The van der Waals surface area contributed by atoms with E-state index in [1.165, 1.54) is 19.4 Å². The largest absolute Gasteiger partial charge is 0.480 e. The number of hydrogen-bond donors (Lipinski definition) is 8. The van der Waals surface area contributed by atoms with Crippen LogP contribution in [0.5, 0.6) is 0 Å². The molecule has 32 heavy (non-hydrogen) atoms. The third-order valence-corrected chi connectivity index (χ3v) is 5.40. The lowest BCUT2D eigenvalue weighted by Crippen LogP contribution is -2.59. The van der Waals surface area contributed by atoms with Crippen molar-refractivity contribution in [3.63, 3.8) is 0 Å². The van der Waals surface area contributed by atoms with Gasteiger partial charge < -0.3 is 36.9 Å². The number of imidazole rings is 1. The Morgan fingerprint density at radius 1 is 1.12 bits per heavy atom. The number of carbonyl (C=O) groups excluding carboxylic acids is 3. The zero-order valence-electron chi connectivity index (χ0n) is 18.2. The number of nitrogens with two attached hydrogens (primary N) is 1. The number of aromatic nitrogens is 2. The molecule has 0 aliphatic rings. The van der Waals surface area contributed by atoms with Crippen molar-refractivity contribution in [2.24, 2.45) is 11.7 Å². The van der Waals surface area contributed by atoms with E-state index < -0.39 is 54.0 Å². The summed E-state index contributed by atoms with van der Waals surface area (Å²) in [4.78, 5) is 55.8. The number of aliphatic hydroxyl groups is 1. The van der Waals surface area contributed by atoms with Crippen LogP contribution in [0.15, 0.2) is 12.5 Å². The third kappa shape index (κ3) is 8.13. The van der Waals surface area contributed by atoms with Crippen LogP contribution in [0.4, 0.5) is 0 Å². The maximum atomic E-state index is 12.9. The topological polar surface area (TPSA) is 200 Å². The van der Waals surface area contributed by atoms with E-state index in [2.05, 4.69) is 38.5 Å². The molecule has 0 radical (unpaired) electrons. The van der Waals surface area contributed by atoms with Gasteiger partial charge in [0.25, 0.3) is 0 Å². The Labute approximate surface area is 191 Å². The number of aromatic amines is 1. The number of amides is 3. The Morgan fingerprint density at radius 3 is 2.19 bits per heavy atom. The molecule has 1 aromatic heterocycles. The van der Waals surface area contributed by atoms with Crippen LogP contribution >= 0.6 is 12.6 Å². The van der Waals surface area contributed by atoms with Crippen LogP contribution in [0.25, 0.3) is 0 Å². The number of hydrogen-bond acceptors (Lipinski definition) is 8. The first-order valence-corrected chi connectivity index (χ1v) is 10.8. The fraction of sp³-hybridized carbons (Fsp3) is 0.632. The molecule has 0 saturated heterocycles. The lowest BCUT2D eigenvalue weighted by Gasteiger charge is -2.25. The van der Waals surface area contributed by atoms with E-state index in [0.717, 1.165) is 0 Å².